The fraction of sp³-hybridized carbons (Fsp3) is 0.154. The Labute approximate surface area is 95.5 Å². The minimum absolute atomic E-state index is 0.688. The monoisotopic (exact) mass is 213 g/mol. The first kappa shape index (κ1) is 10.5. The summed E-state index contributed by atoms with van der Waals surface area (Å²) in [6.07, 6.45) is 1.68. The molecule has 0 bridgehead atoms. The van der Waals surface area contributed by atoms with E-state index in [9.17, 15) is 0 Å². The van der Waals surface area contributed by atoms with Crippen LogP contribution in [0.15, 0.2) is 48.7 Å². The first-order chi connectivity index (χ1) is 7.81. The lowest BCUT2D eigenvalue weighted by molar-refractivity contribution is 0.990. The molecule has 2 aromatic rings. The van der Waals surface area contributed by atoms with Crippen LogP contribution in [0.25, 0.3) is 0 Å². The van der Waals surface area contributed by atoms with Gasteiger partial charge >= 0.3 is 0 Å². The van der Waals surface area contributed by atoms with Crippen LogP contribution in [0.3, 0.4) is 0 Å². The first-order valence-electron chi connectivity index (χ1n) is 5.35. The maximum absolute atomic E-state index is 5.63. The maximum Gasteiger partial charge on any atom is 0.133 e. The van der Waals surface area contributed by atoms with Crippen LogP contribution in [0.5, 0.6) is 0 Å². The van der Waals surface area contributed by atoms with E-state index < -0.39 is 0 Å². The molecule has 1 aromatic heterocycles. The van der Waals surface area contributed by atoms with Gasteiger partial charge in [-0.3, -0.25) is 0 Å². The zero-order valence-electron chi connectivity index (χ0n) is 9.30. The van der Waals surface area contributed by atoms with Crippen molar-refractivity contribution in [1.29, 1.82) is 0 Å². The molecule has 3 heteroatoms. The molecule has 0 unspecified atom stereocenters. The van der Waals surface area contributed by atoms with E-state index in [4.69, 9.17) is 5.73 Å². The van der Waals surface area contributed by atoms with Crippen LogP contribution in [0.4, 0.5) is 17.2 Å². The fourth-order valence-corrected chi connectivity index (χ4v) is 1.64. The van der Waals surface area contributed by atoms with Gasteiger partial charge in [-0.15, -0.1) is 0 Å². The van der Waals surface area contributed by atoms with Gasteiger partial charge in [0.05, 0.1) is 11.9 Å². The van der Waals surface area contributed by atoms with Crippen molar-refractivity contribution in [1.82, 2.24) is 4.98 Å². The normalized spacial score (nSPS) is 10.1. The summed E-state index contributed by atoms with van der Waals surface area (Å²) in [6, 6.07) is 14.0. The molecular weight excluding hydrogens is 198 g/mol. The average molecular weight is 213 g/mol. The number of nitrogens with two attached hydrogens (primary N) is 1. The van der Waals surface area contributed by atoms with E-state index in [0.717, 1.165) is 18.1 Å². The first-order valence-corrected chi connectivity index (χ1v) is 5.35. The summed E-state index contributed by atoms with van der Waals surface area (Å²) >= 11 is 0. The molecule has 0 saturated heterocycles. The Bertz CT molecular complexity index is 436. The molecule has 0 aliphatic rings. The Hall–Kier alpha value is -2.03. The largest absolute Gasteiger partial charge is 0.397 e. The predicted molar refractivity (Wildman–Crippen MR) is 67.8 cm³/mol. The molecule has 0 aliphatic carbocycles. The van der Waals surface area contributed by atoms with E-state index in [0.29, 0.717) is 5.69 Å². The summed E-state index contributed by atoms with van der Waals surface area (Å²) in [5, 5.41) is 0. The average Bonchev–Trinajstić information content (AvgIpc) is 2.34. The Kier molecular flexibility index (Phi) is 3.05. The molecule has 0 amide bonds. The molecule has 82 valence electrons. The lowest BCUT2D eigenvalue weighted by Gasteiger charge is -2.21. The lowest BCUT2D eigenvalue weighted by atomic mass is 10.3. The Morgan fingerprint density at radius 3 is 2.44 bits per heavy atom. The molecule has 0 fully saturated rings. The van der Waals surface area contributed by atoms with Crippen molar-refractivity contribution < 1.29 is 0 Å². The summed E-state index contributed by atoms with van der Waals surface area (Å²) in [6.45, 7) is 2.98. The van der Waals surface area contributed by atoms with Crippen molar-refractivity contribution in [2.24, 2.45) is 0 Å². The lowest BCUT2D eigenvalue weighted by Crippen LogP contribution is -2.17. The number of nitrogen functional groups attached to an aromatic ring is 1. The third-order valence-electron chi connectivity index (χ3n) is 2.43. The van der Waals surface area contributed by atoms with Crippen molar-refractivity contribution in [2.45, 2.75) is 6.92 Å². The van der Waals surface area contributed by atoms with Gasteiger partial charge in [-0.25, -0.2) is 4.98 Å². The second-order valence-corrected chi connectivity index (χ2v) is 3.53. The zero-order valence-corrected chi connectivity index (χ0v) is 9.30. The van der Waals surface area contributed by atoms with Crippen LogP contribution in [-0.4, -0.2) is 11.5 Å². The highest BCUT2D eigenvalue weighted by Gasteiger charge is 2.06. The summed E-state index contributed by atoms with van der Waals surface area (Å²) < 4.78 is 0. The highest BCUT2D eigenvalue weighted by atomic mass is 15.2. The topological polar surface area (TPSA) is 42.1 Å². The van der Waals surface area contributed by atoms with Gasteiger partial charge in [-0.2, -0.15) is 0 Å². The standard InChI is InChI=1S/C13H15N3/c1-2-16(12-6-4-3-5-7-12)13-9-8-11(14)10-15-13/h3-10H,2,14H2,1H3. The molecule has 1 aromatic carbocycles. The number of nitrogens with zero attached hydrogens (tertiary/aromatic N) is 2. The van der Waals surface area contributed by atoms with Crippen molar-refractivity contribution >= 4 is 17.2 Å². The van der Waals surface area contributed by atoms with E-state index in [-0.39, 0.29) is 0 Å². The van der Waals surface area contributed by atoms with Gasteiger partial charge < -0.3 is 10.6 Å². The number of para-hydroxylation sites is 1. The highest BCUT2D eigenvalue weighted by Crippen LogP contribution is 2.22. The number of pyridine rings is 1. The van der Waals surface area contributed by atoms with Gasteiger partial charge in [0.1, 0.15) is 5.82 Å². The van der Waals surface area contributed by atoms with Crippen LogP contribution < -0.4 is 10.6 Å². The zero-order chi connectivity index (χ0) is 11.4. The van der Waals surface area contributed by atoms with Crippen LogP contribution >= 0.6 is 0 Å². The summed E-state index contributed by atoms with van der Waals surface area (Å²) in [4.78, 5) is 6.47. The number of hydrogen-bond donors (Lipinski definition) is 1. The van der Waals surface area contributed by atoms with E-state index in [1.807, 2.05) is 30.3 Å². The predicted octanol–water partition coefficient (Wildman–Crippen LogP) is 2.82. The molecule has 0 atom stereocenters. The minimum atomic E-state index is 0.688. The maximum atomic E-state index is 5.63. The van der Waals surface area contributed by atoms with Crippen LogP contribution in [0.2, 0.25) is 0 Å². The Morgan fingerprint density at radius 2 is 1.88 bits per heavy atom. The molecular formula is C13H15N3. The molecule has 1 heterocycles. The summed E-state index contributed by atoms with van der Waals surface area (Å²) in [7, 11) is 0. The quantitative estimate of drug-likeness (QED) is 0.852. The van der Waals surface area contributed by atoms with Gasteiger partial charge in [0.15, 0.2) is 0 Å². The number of aromatic nitrogens is 1. The van der Waals surface area contributed by atoms with Crippen molar-refractivity contribution in [2.75, 3.05) is 17.2 Å². The number of benzene rings is 1. The fourth-order valence-electron chi connectivity index (χ4n) is 1.64. The van der Waals surface area contributed by atoms with Gasteiger partial charge in [0, 0.05) is 12.2 Å². The summed E-state index contributed by atoms with van der Waals surface area (Å²) in [5.41, 5.74) is 7.45. The van der Waals surface area contributed by atoms with Crippen LogP contribution in [-0.2, 0) is 0 Å². The SMILES string of the molecule is CCN(c1ccccc1)c1ccc(N)cn1. The van der Waals surface area contributed by atoms with Crippen LogP contribution in [0.1, 0.15) is 6.92 Å². The third kappa shape index (κ3) is 2.14. The second kappa shape index (κ2) is 4.66. The Balaban J connectivity index is 2.33. The van der Waals surface area contributed by atoms with Gasteiger partial charge in [-0.05, 0) is 31.2 Å². The molecule has 0 radical (unpaired) electrons. The van der Waals surface area contributed by atoms with E-state index in [1.54, 1.807) is 6.20 Å². The molecule has 3 nitrogen and oxygen atoms in total. The molecule has 2 N–H and O–H groups in total. The second-order valence-electron chi connectivity index (χ2n) is 3.53. The van der Waals surface area contributed by atoms with Crippen molar-refractivity contribution in [3.63, 3.8) is 0 Å². The highest BCUT2D eigenvalue weighted by molar-refractivity contribution is 5.60. The van der Waals surface area contributed by atoms with E-state index >= 15 is 0 Å². The van der Waals surface area contributed by atoms with E-state index in [1.165, 1.54) is 0 Å². The molecule has 2 rings (SSSR count). The van der Waals surface area contributed by atoms with Crippen LogP contribution in [0, 0.1) is 0 Å². The van der Waals surface area contributed by atoms with Gasteiger partial charge in [0.25, 0.3) is 0 Å². The molecule has 0 spiro atoms. The van der Waals surface area contributed by atoms with Gasteiger partial charge in [0.2, 0.25) is 0 Å². The molecule has 0 aliphatic heterocycles. The Morgan fingerprint density at radius 1 is 1.12 bits per heavy atom. The summed E-state index contributed by atoms with van der Waals surface area (Å²) in [5.74, 6) is 0.919. The number of anilines is 3. The number of hydrogen-bond acceptors (Lipinski definition) is 3. The third-order valence-corrected chi connectivity index (χ3v) is 2.43. The number of rotatable bonds is 3. The van der Waals surface area contributed by atoms with E-state index in [2.05, 4.69) is 28.9 Å². The van der Waals surface area contributed by atoms with Gasteiger partial charge in [-0.1, -0.05) is 18.2 Å². The smallest absolute Gasteiger partial charge is 0.133 e. The minimum Gasteiger partial charge on any atom is -0.397 e. The molecule has 0 saturated carbocycles. The molecule has 16 heavy (non-hydrogen) atoms. The van der Waals surface area contributed by atoms with Crippen molar-refractivity contribution in [3.05, 3.63) is 48.7 Å². The van der Waals surface area contributed by atoms with Crippen molar-refractivity contribution in [3.8, 4) is 0 Å².